The Morgan fingerprint density at radius 1 is 1.23 bits per heavy atom. The van der Waals surface area contributed by atoms with Crippen molar-refractivity contribution in [2.75, 3.05) is 47.0 Å². The van der Waals surface area contributed by atoms with E-state index in [-0.39, 0.29) is 11.8 Å². The monoisotopic (exact) mass is 426 g/mol. The molecule has 0 aliphatic carbocycles. The average Bonchev–Trinajstić information content (AvgIpc) is 3.47. The van der Waals surface area contributed by atoms with E-state index >= 15 is 0 Å². The van der Waals surface area contributed by atoms with Gasteiger partial charge in [-0.3, -0.25) is 9.69 Å². The van der Waals surface area contributed by atoms with Crippen LogP contribution in [0.15, 0.2) is 36.8 Å². The van der Waals surface area contributed by atoms with Crippen LogP contribution in [0.2, 0.25) is 0 Å². The van der Waals surface area contributed by atoms with Crippen molar-refractivity contribution in [3.05, 3.63) is 48.0 Å². The second kappa shape index (κ2) is 9.01. The Balaban J connectivity index is 1.59. The summed E-state index contributed by atoms with van der Waals surface area (Å²) < 4.78 is 12.7. The van der Waals surface area contributed by atoms with Crippen LogP contribution in [0.5, 0.6) is 5.75 Å². The van der Waals surface area contributed by atoms with Gasteiger partial charge in [-0.2, -0.15) is 0 Å². The molecule has 1 aromatic carbocycles. The molecule has 2 atom stereocenters. The molecule has 0 saturated carbocycles. The van der Waals surface area contributed by atoms with E-state index in [0.29, 0.717) is 19.2 Å². The lowest BCUT2D eigenvalue weighted by Gasteiger charge is -2.28. The molecule has 2 aliphatic heterocycles. The van der Waals surface area contributed by atoms with E-state index in [1.54, 1.807) is 14.2 Å². The summed E-state index contributed by atoms with van der Waals surface area (Å²) in [6.45, 7) is 8.74. The Hall–Kier alpha value is -2.38. The molecule has 3 heterocycles. The average molecular weight is 427 g/mol. The van der Waals surface area contributed by atoms with Gasteiger partial charge in [0.15, 0.2) is 0 Å². The van der Waals surface area contributed by atoms with E-state index in [2.05, 4.69) is 41.6 Å². The van der Waals surface area contributed by atoms with Crippen molar-refractivity contribution in [1.82, 2.24) is 19.4 Å². The topological polar surface area (TPSA) is 59.8 Å². The van der Waals surface area contributed by atoms with Gasteiger partial charge in [0, 0.05) is 58.0 Å². The number of amides is 1. The minimum atomic E-state index is -0.406. The molecule has 2 aromatic rings. The van der Waals surface area contributed by atoms with Crippen LogP contribution in [-0.4, -0.2) is 72.3 Å². The molecule has 0 radical (unpaired) electrons. The Morgan fingerprint density at radius 3 is 2.65 bits per heavy atom. The van der Waals surface area contributed by atoms with E-state index < -0.39 is 5.41 Å². The highest BCUT2D eigenvalue weighted by Crippen LogP contribution is 2.49. The third kappa shape index (κ3) is 4.21. The molecule has 7 heteroatoms. The summed E-state index contributed by atoms with van der Waals surface area (Å²) in [7, 11) is 3.37. The van der Waals surface area contributed by atoms with Crippen molar-refractivity contribution in [1.29, 1.82) is 0 Å². The number of rotatable bonds is 8. The molecule has 2 saturated heterocycles. The quantitative estimate of drug-likeness (QED) is 0.650. The number of ether oxygens (including phenoxy) is 2. The number of methoxy groups -OCH3 is 2. The summed E-state index contributed by atoms with van der Waals surface area (Å²) in [6, 6.07) is 8.56. The zero-order valence-electron chi connectivity index (χ0n) is 19.1. The number of aromatic nitrogens is 2. The van der Waals surface area contributed by atoms with E-state index in [9.17, 15) is 4.79 Å². The van der Waals surface area contributed by atoms with Crippen LogP contribution < -0.4 is 4.74 Å². The summed E-state index contributed by atoms with van der Waals surface area (Å²) >= 11 is 0. The first-order valence-electron chi connectivity index (χ1n) is 11.1. The molecule has 168 valence electrons. The number of benzene rings is 1. The number of carbonyl (C=O) groups excluding carboxylic acids is 1. The summed E-state index contributed by atoms with van der Waals surface area (Å²) in [5, 5.41) is 0. The Kier molecular flexibility index (Phi) is 6.34. The van der Waals surface area contributed by atoms with Gasteiger partial charge >= 0.3 is 0 Å². The predicted molar refractivity (Wildman–Crippen MR) is 119 cm³/mol. The highest BCUT2D eigenvalue weighted by molar-refractivity contribution is 5.86. The first-order valence-corrected chi connectivity index (χ1v) is 11.1. The lowest BCUT2D eigenvalue weighted by Crippen LogP contribution is -2.40. The standard InChI is InChI=1S/C24H34N4O3/c1-18(2)28-15-22(25-17-28)21-14-26(13-19-5-7-20(31-4)8-6-19)16-24(21)9-10-27(23(24)29)11-12-30-3/h5-8,15,17-18,21H,9-14,16H2,1-4H3/t21-,24-/m0/s1. The normalized spacial score (nSPS) is 24.1. The zero-order chi connectivity index (χ0) is 22.0. The van der Waals surface area contributed by atoms with E-state index in [0.717, 1.165) is 44.0 Å². The van der Waals surface area contributed by atoms with Gasteiger partial charge in [-0.15, -0.1) is 0 Å². The number of likely N-dealkylation sites (tertiary alicyclic amines) is 2. The maximum absolute atomic E-state index is 13.6. The lowest BCUT2D eigenvalue weighted by atomic mass is 9.75. The molecule has 0 N–H and O–H groups in total. The van der Waals surface area contributed by atoms with Crippen molar-refractivity contribution in [2.24, 2.45) is 5.41 Å². The number of imidazole rings is 1. The highest BCUT2D eigenvalue weighted by atomic mass is 16.5. The molecule has 2 aliphatic rings. The Bertz CT molecular complexity index is 894. The predicted octanol–water partition coefficient (Wildman–Crippen LogP) is 2.94. The molecule has 4 rings (SSSR count). The number of hydrogen-bond acceptors (Lipinski definition) is 5. The largest absolute Gasteiger partial charge is 0.497 e. The fourth-order valence-electron chi connectivity index (χ4n) is 5.05. The smallest absolute Gasteiger partial charge is 0.230 e. The van der Waals surface area contributed by atoms with Gasteiger partial charge in [0.25, 0.3) is 0 Å². The van der Waals surface area contributed by atoms with Crippen LogP contribution in [0.3, 0.4) is 0 Å². The van der Waals surface area contributed by atoms with Crippen molar-refractivity contribution in [3.63, 3.8) is 0 Å². The molecule has 1 amide bonds. The summed E-state index contributed by atoms with van der Waals surface area (Å²) in [5.74, 6) is 1.22. The Labute approximate surface area is 184 Å². The molecule has 0 bridgehead atoms. The second-order valence-corrected chi connectivity index (χ2v) is 9.10. The Morgan fingerprint density at radius 2 is 2.00 bits per heavy atom. The fraction of sp³-hybridized carbons (Fsp3) is 0.583. The minimum Gasteiger partial charge on any atom is -0.497 e. The number of hydrogen-bond donors (Lipinski definition) is 0. The van der Waals surface area contributed by atoms with Gasteiger partial charge in [-0.05, 0) is 38.0 Å². The molecule has 7 nitrogen and oxygen atoms in total. The SMILES string of the molecule is COCCN1CC[C@@]2(CN(Cc3ccc(OC)cc3)C[C@H]2c2cn(C(C)C)cn2)C1=O. The van der Waals surface area contributed by atoms with Crippen molar-refractivity contribution >= 4 is 5.91 Å². The number of carbonyl (C=O) groups is 1. The molecule has 0 unspecified atom stereocenters. The third-order valence-electron chi connectivity index (χ3n) is 6.86. The van der Waals surface area contributed by atoms with Gasteiger partial charge in [-0.1, -0.05) is 12.1 Å². The lowest BCUT2D eigenvalue weighted by molar-refractivity contribution is -0.136. The summed E-state index contributed by atoms with van der Waals surface area (Å²) in [6.07, 6.45) is 4.91. The molecular weight excluding hydrogens is 392 g/mol. The first-order chi connectivity index (χ1) is 15.0. The van der Waals surface area contributed by atoms with E-state index in [4.69, 9.17) is 14.5 Å². The summed E-state index contributed by atoms with van der Waals surface area (Å²) in [5.41, 5.74) is 1.86. The van der Waals surface area contributed by atoms with Gasteiger partial charge < -0.3 is 18.9 Å². The number of nitrogens with zero attached hydrogens (tertiary/aromatic N) is 4. The van der Waals surface area contributed by atoms with Crippen LogP contribution in [0.4, 0.5) is 0 Å². The minimum absolute atomic E-state index is 0.103. The molecule has 1 aromatic heterocycles. The molecular formula is C24H34N4O3. The zero-order valence-corrected chi connectivity index (χ0v) is 19.1. The molecule has 31 heavy (non-hydrogen) atoms. The van der Waals surface area contributed by atoms with Crippen LogP contribution in [-0.2, 0) is 16.1 Å². The fourth-order valence-corrected chi connectivity index (χ4v) is 5.05. The van der Waals surface area contributed by atoms with Gasteiger partial charge in [-0.25, -0.2) is 4.98 Å². The maximum Gasteiger partial charge on any atom is 0.230 e. The van der Waals surface area contributed by atoms with E-state index in [1.165, 1.54) is 5.56 Å². The first kappa shape index (κ1) is 21.8. The van der Waals surface area contributed by atoms with Gasteiger partial charge in [0.05, 0.1) is 31.2 Å². The van der Waals surface area contributed by atoms with E-state index in [1.807, 2.05) is 23.4 Å². The van der Waals surface area contributed by atoms with Crippen LogP contribution in [0.1, 0.15) is 43.5 Å². The van der Waals surface area contributed by atoms with Crippen LogP contribution >= 0.6 is 0 Å². The maximum atomic E-state index is 13.6. The molecule has 1 spiro atoms. The van der Waals surface area contributed by atoms with Crippen molar-refractivity contribution < 1.29 is 14.3 Å². The van der Waals surface area contributed by atoms with Crippen molar-refractivity contribution in [3.8, 4) is 5.75 Å². The second-order valence-electron chi connectivity index (χ2n) is 9.10. The van der Waals surface area contributed by atoms with Gasteiger partial charge in [0.1, 0.15) is 5.75 Å². The van der Waals surface area contributed by atoms with Crippen LogP contribution in [0, 0.1) is 5.41 Å². The van der Waals surface area contributed by atoms with Gasteiger partial charge in [0.2, 0.25) is 5.91 Å². The highest BCUT2D eigenvalue weighted by Gasteiger charge is 2.57. The molecule has 2 fully saturated rings. The third-order valence-corrected chi connectivity index (χ3v) is 6.86. The van der Waals surface area contributed by atoms with Crippen LogP contribution in [0.25, 0.3) is 0 Å². The summed E-state index contributed by atoms with van der Waals surface area (Å²) in [4.78, 5) is 22.8. The van der Waals surface area contributed by atoms with Crippen molar-refractivity contribution in [2.45, 2.75) is 38.8 Å².